The molecule has 0 radical (unpaired) electrons. The number of hydrogen-bond donors (Lipinski definition) is 3. The molecule has 0 atom stereocenters. The van der Waals surface area contributed by atoms with E-state index in [0.29, 0.717) is 16.4 Å². The number of nitrogens with zero attached hydrogens (tertiary/aromatic N) is 1. The van der Waals surface area contributed by atoms with Crippen LogP contribution in [0.1, 0.15) is 10.4 Å². The predicted octanol–water partition coefficient (Wildman–Crippen LogP) is -0.542. The Morgan fingerprint density at radius 2 is 1.83 bits per heavy atom. The maximum Gasteiger partial charge on any atom is 0.284 e. The highest BCUT2D eigenvalue weighted by atomic mass is 16.2. The van der Waals surface area contributed by atoms with E-state index in [0.717, 1.165) is 0 Å². The fourth-order valence-corrected chi connectivity index (χ4v) is 0.831. The summed E-state index contributed by atoms with van der Waals surface area (Å²) < 4.78 is 0. The Bertz CT molecular complexity index is 297. The third kappa shape index (κ3) is 1.52. The molecular formula is C7H10N4O. The Hall–Kier alpha value is -1.59. The summed E-state index contributed by atoms with van der Waals surface area (Å²) in [5.41, 5.74) is 6.17. The van der Waals surface area contributed by atoms with Crippen molar-refractivity contribution in [2.24, 2.45) is 11.7 Å². The average molecular weight is 166 g/mol. The molecule has 0 heterocycles. The number of hydrogen-bond acceptors (Lipinski definition) is 4. The number of benzene rings is 1. The molecule has 0 aliphatic rings. The van der Waals surface area contributed by atoms with Gasteiger partial charge in [0.15, 0.2) is 0 Å². The van der Waals surface area contributed by atoms with Crippen molar-refractivity contribution in [3.05, 3.63) is 29.8 Å². The molecule has 0 aliphatic heterocycles. The Balaban J connectivity index is 3.03. The molecule has 0 bridgehead atoms. The number of carbonyl (C=O) groups excluding carboxylic acids is 1. The van der Waals surface area contributed by atoms with Crippen LogP contribution in [-0.4, -0.2) is 11.0 Å². The van der Waals surface area contributed by atoms with Crippen molar-refractivity contribution in [3.8, 4) is 0 Å². The van der Waals surface area contributed by atoms with Gasteiger partial charge >= 0.3 is 0 Å². The Labute approximate surface area is 69.7 Å². The molecule has 12 heavy (non-hydrogen) atoms. The van der Waals surface area contributed by atoms with Crippen molar-refractivity contribution in [2.45, 2.75) is 0 Å². The van der Waals surface area contributed by atoms with Crippen LogP contribution in [0.3, 0.4) is 0 Å². The van der Waals surface area contributed by atoms with Crippen molar-refractivity contribution in [3.63, 3.8) is 0 Å². The van der Waals surface area contributed by atoms with Crippen LogP contribution in [0, 0.1) is 0 Å². The van der Waals surface area contributed by atoms with Crippen molar-refractivity contribution in [1.82, 2.24) is 5.12 Å². The molecular weight excluding hydrogens is 156 g/mol. The second-order valence-electron chi connectivity index (χ2n) is 2.30. The van der Waals surface area contributed by atoms with Crippen molar-refractivity contribution in [1.29, 1.82) is 0 Å². The minimum Gasteiger partial charge on any atom is -0.398 e. The molecule has 1 amide bonds. The first-order chi connectivity index (χ1) is 5.63. The molecule has 1 aromatic carbocycles. The molecule has 6 N–H and O–H groups in total. The number of carbonyl (C=O) groups is 1. The number of rotatable bonds is 1. The minimum absolute atomic E-state index is 0.308. The van der Waals surface area contributed by atoms with Crippen molar-refractivity contribution < 1.29 is 4.79 Å². The highest BCUT2D eigenvalue weighted by Crippen LogP contribution is 2.10. The third-order valence-electron chi connectivity index (χ3n) is 1.43. The van der Waals surface area contributed by atoms with Crippen molar-refractivity contribution >= 4 is 11.6 Å². The van der Waals surface area contributed by atoms with Gasteiger partial charge in [0, 0.05) is 5.69 Å². The monoisotopic (exact) mass is 166 g/mol. The molecule has 0 saturated heterocycles. The molecule has 1 rings (SSSR count). The fraction of sp³-hybridized carbons (Fsp3) is 0. The highest BCUT2D eigenvalue weighted by Gasteiger charge is 2.10. The van der Waals surface area contributed by atoms with Crippen LogP contribution in [0.25, 0.3) is 0 Å². The van der Waals surface area contributed by atoms with Gasteiger partial charge in [-0.2, -0.15) is 0 Å². The Kier molecular flexibility index (Phi) is 2.27. The van der Waals surface area contributed by atoms with Gasteiger partial charge in [-0.3, -0.25) is 4.79 Å². The van der Waals surface area contributed by atoms with Gasteiger partial charge in [0.25, 0.3) is 5.91 Å². The maximum atomic E-state index is 11.2. The van der Waals surface area contributed by atoms with Gasteiger partial charge in [-0.15, -0.1) is 0 Å². The summed E-state index contributed by atoms with van der Waals surface area (Å²) >= 11 is 0. The van der Waals surface area contributed by atoms with Gasteiger partial charge in [-0.1, -0.05) is 12.1 Å². The van der Waals surface area contributed by atoms with E-state index < -0.39 is 5.91 Å². The second kappa shape index (κ2) is 3.21. The van der Waals surface area contributed by atoms with Crippen molar-refractivity contribution in [2.75, 3.05) is 5.73 Å². The molecule has 5 nitrogen and oxygen atoms in total. The van der Waals surface area contributed by atoms with E-state index in [1.54, 1.807) is 24.3 Å². The molecule has 0 aromatic heterocycles. The zero-order chi connectivity index (χ0) is 9.14. The molecule has 0 aliphatic carbocycles. The first-order valence-corrected chi connectivity index (χ1v) is 3.31. The fourth-order valence-electron chi connectivity index (χ4n) is 0.831. The van der Waals surface area contributed by atoms with E-state index in [2.05, 4.69) is 0 Å². The number of nitrogen functional groups attached to an aromatic ring is 1. The molecule has 0 spiro atoms. The summed E-state index contributed by atoms with van der Waals surface area (Å²) in [7, 11) is 0. The lowest BCUT2D eigenvalue weighted by Crippen LogP contribution is -2.43. The summed E-state index contributed by atoms with van der Waals surface area (Å²) in [5, 5.41) is 0.506. The smallest absolute Gasteiger partial charge is 0.284 e. The number of anilines is 1. The van der Waals surface area contributed by atoms with Crippen LogP contribution in [0.2, 0.25) is 0 Å². The van der Waals surface area contributed by atoms with E-state index in [4.69, 9.17) is 17.4 Å². The lowest BCUT2D eigenvalue weighted by molar-refractivity contribution is 0.0756. The molecule has 0 fully saturated rings. The highest BCUT2D eigenvalue weighted by molar-refractivity contribution is 5.98. The average Bonchev–Trinajstić information content (AvgIpc) is 2.04. The maximum absolute atomic E-state index is 11.2. The zero-order valence-electron chi connectivity index (χ0n) is 6.40. The van der Waals surface area contributed by atoms with Gasteiger partial charge in [-0.05, 0) is 12.1 Å². The standard InChI is InChI=1S/C7H10N4O/c8-6-4-2-1-3-5(6)7(12)11(9)10/h1-4H,8-10H2. The van der Waals surface area contributed by atoms with E-state index in [9.17, 15) is 4.79 Å². The lowest BCUT2D eigenvalue weighted by atomic mass is 10.2. The van der Waals surface area contributed by atoms with Crippen LogP contribution in [0.4, 0.5) is 5.69 Å². The SMILES string of the molecule is Nc1ccccc1C(=O)N(N)N. The van der Waals surface area contributed by atoms with Crippen LogP contribution in [-0.2, 0) is 0 Å². The van der Waals surface area contributed by atoms with Crippen LogP contribution < -0.4 is 17.4 Å². The van der Waals surface area contributed by atoms with Crippen LogP contribution >= 0.6 is 0 Å². The van der Waals surface area contributed by atoms with Gasteiger partial charge in [0.2, 0.25) is 0 Å². The van der Waals surface area contributed by atoms with E-state index in [-0.39, 0.29) is 0 Å². The Morgan fingerprint density at radius 3 is 2.33 bits per heavy atom. The Morgan fingerprint density at radius 1 is 1.25 bits per heavy atom. The minimum atomic E-state index is -0.506. The number of amides is 1. The van der Waals surface area contributed by atoms with Crippen LogP contribution in [0.15, 0.2) is 24.3 Å². The third-order valence-corrected chi connectivity index (χ3v) is 1.43. The van der Waals surface area contributed by atoms with Gasteiger partial charge in [-0.25, -0.2) is 16.8 Å². The number of hydrazine groups is 2. The molecule has 0 unspecified atom stereocenters. The second-order valence-corrected chi connectivity index (χ2v) is 2.30. The summed E-state index contributed by atoms with van der Waals surface area (Å²) in [6.07, 6.45) is 0. The largest absolute Gasteiger partial charge is 0.398 e. The normalized spacial score (nSPS) is 9.50. The summed E-state index contributed by atoms with van der Waals surface area (Å²) in [5.74, 6) is 9.58. The van der Waals surface area contributed by atoms with Crippen LogP contribution in [0.5, 0.6) is 0 Å². The van der Waals surface area contributed by atoms with E-state index in [1.165, 1.54) is 0 Å². The van der Waals surface area contributed by atoms with Gasteiger partial charge in [0.1, 0.15) is 0 Å². The topological polar surface area (TPSA) is 98.4 Å². The lowest BCUT2D eigenvalue weighted by Gasteiger charge is -2.10. The molecule has 1 aromatic rings. The quantitative estimate of drug-likeness (QED) is 0.226. The van der Waals surface area contributed by atoms with Gasteiger partial charge < -0.3 is 5.73 Å². The molecule has 5 heteroatoms. The van der Waals surface area contributed by atoms with E-state index >= 15 is 0 Å². The first kappa shape index (κ1) is 8.51. The first-order valence-electron chi connectivity index (χ1n) is 3.31. The zero-order valence-corrected chi connectivity index (χ0v) is 6.40. The number of para-hydroxylation sites is 1. The molecule has 64 valence electrons. The van der Waals surface area contributed by atoms with Gasteiger partial charge in [0.05, 0.1) is 5.56 Å². The summed E-state index contributed by atoms with van der Waals surface area (Å²) in [4.78, 5) is 11.2. The van der Waals surface area contributed by atoms with E-state index in [1.807, 2.05) is 0 Å². The predicted molar refractivity (Wildman–Crippen MR) is 45.4 cm³/mol. The summed E-state index contributed by atoms with van der Waals surface area (Å²) in [6, 6.07) is 6.58. The molecule has 0 saturated carbocycles. The number of nitrogens with two attached hydrogens (primary N) is 3. The summed E-state index contributed by atoms with van der Waals surface area (Å²) in [6.45, 7) is 0.